The molecule has 0 saturated carbocycles. The number of carbonyl (C=O) groups excluding carboxylic acids is 2. The molecule has 29 heavy (non-hydrogen) atoms. The fourth-order valence-corrected chi connectivity index (χ4v) is 5.31. The number of rotatable bonds is 17. The van der Waals surface area contributed by atoms with Crippen LogP contribution in [-0.4, -0.2) is 86.8 Å². The van der Waals surface area contributed by atoms with Gasteiger partial charge in [0.15, 0.2) is 0 Å². The van der Waals surface area contributed by atoms with Crippen molar-refractivity contribution in [3.05, 3.63) is 12.7 Å². The van der Waals surface area contributed by atoms with Crippen LogP contribution in [0.25, 0.3) is 0 Å². The molecule has 0 aromatic carbocycles. The number of carboxylic acid groups (broad SMARTS) is 2. The van der Waals surface area contributed by atoms with Crippen LogP contribution >= 0.6 is 33.3 Å². The SMILES string of the molecule is C=CCSSCC(CO)SCC(NC(=O)CCC(N)C(=O)O)C(=O)NCC(=O)O. The smallest absolute Gasteiger partial charge is 0.322 e. The molecule has 0 spiro atoms. The molecule has 0 fully saturated rings. The summed E-state index contributed by atoms with van der Waals surface area (Å²) < 4.78 is 0. The molecule has 3 atom stereocenters. The number of thioether (sulfide) groups is 1. The highest BCUT2D eigenvalue weighted by atomic mass is 33.1. The van der Waals surface area contributed by atoms with Crippen LogP contribution in [0.15, 0.2) is 12.7 Å². The van der Waals surface area contributed by atoms with Crippen LogP contribution < -0.4 is 16.4 Å². The van der Waals surface area contributed by atoms with Crippen LogP contribution in [-0.2, 0) is 19.2 Å². The molecule has 0 aliphatic rings. The van der Waals surface area contributed by atoms with Crippen LogP contribution in [0, 0.1) is 0 Å². The van der Waals surface area contributed by atoms with Gasteiger partial charge in [-0.05, 0) is 6.42 Å². The topological polar surface area (TPSA) is 179 Å². The molecule has 0 heterocycles. The summed E-state index contributed by atoms with van der Waals surface area (Å²) >= 11 is 1.27. The Morgan fingerprint density at radius 1 is 1.14 bits per heavy atom. The fourth-order valence-electron chi connectivity index (χ4n) is 1.75. The highest BCUT2D eigenvalue weighted by Crippen LogP contribution is 2.26. The van der Waals surface area contributed by atoms with Crippen LogP contribution in [0.4, 0.5) is 0 Å². The van der Waals surface area contributed by atoms with Gasteiger partial charge in [0.25, 0.3) is 0 Å². The van der Waals surface area contributed by atoms with Crippen molar-refractivity contribution < 1.29 is 34.5 Å². The van der Waals surface area contributed by atoms with Gasteiger partial charge in [-0.2, -0.15) is 11.8 Å². The van der Waals surface area contributed by atoms with Crippen molar-refractivity contribution in [2.75, 3.05) is 30.4 Å². The van der Waals surface area contributed by atoms with Gasteiger partial charge >= 0.3 is 11.9 Å². The molecule has 0 radical (unpaired) electrons. The number of aliphatic hydroxyl groups excluding tert-OH is 1. The van der Waals surface area contributed by atoms with Gasteiger partial charge in [0, 0.05) is 28.9 Å². The van der Waals surface area contributed by atoms with E-state index in [1.807, 2.05) is 0 Å². The zero-order chi connectivity index (χ0) is 22.2. The lowest BCUT2D eigenvalue weighted by Crippen LogP contribution is -2.49. The molecular formula is C16H27N3O7S3. The molecule has 0 aromatic rings. The molecule has 2 amide bonds. The van der Waals surface area contributed by atoms with E-state index in [-0.39, 0.29) is 30.5 Å². The number of carboxylic acids is 2. The summed E-state index contributed by atoms with van der Waals surface area (Å²) in [5.74, 6) is -2.25. The van der Waals surface area contributed by atoms with Gasteiger partial charge in [-0.1, -0.05) is 27.7 Å². The van der Waals surface area contributed by atoms with E-state index in [0.717, 1.165) is 5.75 Å². The van der Waals surface area contributed by atoms with Gasteiger partial charge in [0.1, 0.15) is 18.6 Å². The molecule has 10 nitrogen and oxygen atoms in total. The summed E-state index contributed by atoms with van der Waals surface area (Å²) in [6.45, 7) is 2.89. The fraction of sp³-hybridized carbons (Fsp3) is 0.625. The maximum absolute atomic E-state index is 12.2. The summed E-state index contributed by atoms with van der Waals surface area (Å²) in [6, 6.07) is -2.23. The van der Waals surface area contributed by atoms with E-state index in [9.17, 15) is 24.3 Å². The highest BCUT2D eigenvalue weighted by Gasteiger charge is 2.24. The minimum atomic E-state index is -1.23. The van der Waals surface area contributed by atoms with Crippen LogP contribution in [0.2, 0.25) is 0 Å². The summed E-state index contributed by atoms with van der Waals surface area (Å²) in [4.78, 5) is 45.6. The van der Waals surface area contributed by atoms with E-state index >= 15 is 0 Å². The van der Waals surface area contributed by atoms with E-state index in [2.05, 4.69) is 17.2 Å². The molecule has 0 saturated heterocycles. The van der Waals surface area contributed by atoms with Gasteiger partial charge < -0.3 is 31.7 Å². The van der Waals surface area contributed by atoms with E-state index in [0.29, 0.717) is 5.75 Å². The highest BCUT2D eigenvalue weighted by molar-refractivity contribution is 8.76. The number of carbonyl (C=O) groups is 4. The normalized spacial score (nSPS) is 13.7. The summed E-state index contributed by atoms with van der Waals surface area (Å²) in [6.07, 6.45) is 1.46. The second kappa shape index (κ2) is 16.4. The Bertz CT molecular complexity index is 566. The molecule has 3 unspecified atom stereocenters. The number of hydrogen-bond acceptors (Lipinski definition) is 9. The maximum atomic E-state index is 12.2. The van der Waals surface area contributed by atoms with Crippen molar-refractivity contribution in [3.8, 4) is 0 Å². The van der Waals surface area contributed by atoms with Crippen molar-refractivity contribution >= 4 is 57.1 Å². The van der Waals surface area contributed by atoms with Crippen molar-refractivity contribution in [1.29, 1.82) is 0 Å². The Hall–Kier alpha value is -1.41. The van der Waals surface area contributed by atoms with Gasteiger partial charge in [0.2, 0.25) is 11.8 Å². The predicted molar refractivity (Wildman–Crippen MR) is 116 cm³/mol. The monoisotopic (exact) mass is 469 g/mol. The van der Waals surface area contributed by atoms with Crippen molar-refractivity contribution in [2.45, 2.75) is 30.2 Å². The zero-order valence-corrected chi connectivity index (χ0v) is 18.2. The molecule has 0 aromatic heterocycles. The molecule has 0 aliphatic carbocycles. The Labute approximate surface area is 181 Å². The average molecular weight is 470 g/mol. The first-order valence-electron chi connectivity index (χ1n) is 8.56. The number of amides is 2. The lowest BCUT2D eigenvalue weighted by atomic mass is 10.1. The minimum absolute atomic E-state index is 0.103. The molecule has 7 N–H and O–H groups in total. The van der Waals surface area contributed by atoms with Gasteiger partial charge in [0.05, 0.1) is 6.61 Å². The van der Waals surface area contributed by atoms with Crippen LogP contribution in [0.1, 0.15) is 12.8 Å². The van der Waals surface area contributed by atoms with Gasteiger partial charge in [-0.15, -0.1) is 6.58 Å². The number of nitrogens with one attached hydrogen (secondary N) is 2. The second-order valence-electron chi connectivity index (χ2n) is 5.71. The third kappa shape index (κ3) is 14.3. The predicted octanol–water partition coefficient (Wildman–Crippen LogP) is -0.474. The van der Waals surface area contributed by atoms with Crippen LogP contribution in [0.3, 0.4) is 0 Å². The van der Waals surface area contributed by atoms with Crippen LogP contribution in [0.5, 0.6) is 0 Å². The summed E-state index contributed by atoms with van der Waals surface area (Å²) in [7, 11) is 3.11. The molecule has 13 heteroatoms. The Morgan fingerprint density at radius 3 is 2.38 bits per heavy atom. The van der Waals surface area contributed by atoms with E-state index in [4.69, 9.17) is 15.9 Å². The third-order valence-corrected chi connectivity index (χ3v) is 7.21. The average Bonchev–Trinajstić information content (AvgIpc) is 2.68. The summed E-state index contributed by atoms with van der Waals surface area (Å²) in [5.41, 5.74) is 5.35. The number of aliphatic hydroxyl groups is 1. The third-order valence-electron chi connectivity index (χ3n) is 3.29. The number of hydrogen-bond donors (Lipinski definition) is 6. The second-order valence-corrected chi connectivity index (χ2v) is 9.60. The number of nitrogens with two attached hydrogens (primary N) is 1. The lowest BCUT2D eigenvalue weighted by Gasteiger charge is -2.20. The zero-order valence-electron chi connectivity index (χ0n) is 15.7. The Kier molecular flexibility index (Phi) is 15.6. The van der Waals surface area contributed by atoms with E-state index in [1.54, 1.807) is 27.7 Å². The van der Waals surface area contributed by atoms with E-state index in [1.165, 1.54) is 11.8 Å². The Morgan fingerprint density at radius 2 is 1.83 bits per heavy atom. The van der Waals surface area contributed by atoms with Crippen molar-refractivity contribution in [1.82, 2.24) is 10.6 Å². The van der Waals surface area contributed by atoms with Crippen molar-refractivity contribution in [2.24, 2.45) is 5.73 Å². The molecular weight excluding hydrogens is 442 g/mol. The minimum Gasteiger partial charge on any atom is -0.480 e. The van der Waals surface area contributed by atoms with E-state index < -0.39 is 42.4 Å². The van der Waals surface area contributed by atoms with Gasteiger partial charge in [-0.25, -0.2) is 0 Å². The molecule has 0 bridgehead atoms. The molecule has 0 rings (SSSR count). The standard InChI is InChI=1S/C16H27N3O7S3/c1-2-5-28-29-8-10(7-20)27-9-12(15(24)18-6-14(22)23)19-13(21)4-3-11(17)16(25)26/h2,10-12,20H,1,3-9,17H2,(H,18,24)(H,19,21)(H,22,23)(H,25,26). The maximum Gasteiger partial charge on any atom is 0.322 e. The molecule has 166 valence electrons. The quantitative estimate of drug-likeness (QED) is 0.0920. The first-order valence-corrected chi connectivity index (χ1v) is 12.1. The number of aliphatic carboxylic acids is 2. The lowest BCUT2D eigenvalue weighted by molar-refractivity contribution is -0.139. The molecule has 0 aliphatic heterocycles. The first-order chi connectivity index (χ1) is 13.7. The van der Waals surface area contributed by atoms with Crippen molar-refractivity contribution in [3.63, 3.8) is 0 Å². The summed E-state index contributed by atoms with van der Waals surface area (Å²) in [5, 5.41) is 31.4. The van der Waals surface area contributed by atoms with Gasteiger partial charge in [-0.3, -0.25) is 19.2 Å². The Balaban J connectivity index is 4.75. The first kappa shape index (κ1) is 27.6. The largest absolute Gasteiger partial charge is 0.480 e.